The normalized spacial score (nSPS) is 20.0. The second kappa shape index (κ2) is 10.9. The summed E-state index contributed by atoms with van der Waals surface area (Å²) in [5, 5.41) is 9.07. The van der Waals surface area contributed by atoms with Crippen LogP contribution in [0.25, 0.3) is 0 Å². The van der Waals surface area contributed by atoms with E-state index < -0.39 is 11.5 Å². The van der Waals surface area contributed by atoms with Crippen LogP contribution in [-0.2, 0) is 12.8 Å². The molecule has 2 amide bonds. The lowest BCUT2D eigenvalue weighted by Crippen LogP contribution is -2.42. The molecule has 1 saturated carbocycles. The molecule has 0 spiro atoms. The van der Waals surface area contributed by atoms with Crippen molar-refractivity contribution in [3.8, 4) is 0 Å². The molecule has 1 heterocycles. The third-order valence-corrected chi connectivity index (χ3v) is 7.03. The summed E-state index contributed by atoms with van der Waals surface area (Å²) in [7, 11) is 4.02. The maximum atomic E-state index is 12.6. The molecule has 0 radical (unpaired) electrons. The van der Waals surface area contributed by atoms with Crippen molar-refractivity contribution in [2.24, 2.45) is 0 Å². The van der Waals surface area contributed by atoms with Crippen LogP contribution in [0.2, 0.25) is 0 Å². The molecule has 2 aromatic rings. The molecule has 0 aliphatic heterocycles. The number of aromatic nitrogens is 2. The van der Waals surface area contributed by atoms with Crippen molar-refractivity contribution in [3.63, 3.8) is 0 Å². The van der Waals surface area contributed by atoms with Gasteiger partial charge in [0.25, 0.3) is 0 Å². The summed E-state index contributed by atoms with van der Waals surface area (Å²) in [5.41, 5.74) is -1.64. The van der Waals surface area contributed by atoms with Crippen molar-refractivity contribution in [2.75, 3.05) is 29.6 Å². The quantitative estimate of drug-likeness (QED) is 0.442. The van der Waals surface area contributed by atoms with Gasteiger partial charge in [-0.2, -0.15) is 18.2 Å². The van der Waals surface area contributed by atoms with E-state index in [-0.39, 0.29) is 28.7 Å². The maximum absolute atomic E-state index is 12.6. The van der Waals surface area contributed by atoms with Crippen LogP contribution in [0.15, 0.2) is 29.2 Å². The fourth-order valence-corrected chi connectivity index (χ4v) is 5.30. The van der Waals surface area contributed by atoms with Crippen LogP contribution in [0.1, 0.15) is 49.8 Å². The first-order valence-electron chi connectivity index (χ1n) is 11.9. The lowest BCUT2D eigenvalue weighted by atomic mass is 9.91. The summed E-state index contributed by atoms with van der Waals surface area (Å²) >= 11 is -0.203. The molecule has 1 aromatic carbocycles. The first-order valence-corrected chi connectivity index (χ1v) is 12.7. The SMILES string of the molecule is CN(C)c1nc(N[C@H]2CC[C@@H](NC(=O)Nc3cccc(SC(F)(F)F)c3)CC2)nc2c1CCCC2. The Hall–Kier alpha value is -2.69. The van der Waals surface area contributed by atoms with Gasteiger partial charge in [-0.1, -0.05) is 6.07 Å². The number of thioether (sulfide) groups is 1. The van der Waals surface area contributed by atoms with Gasteiger partial charge in [-0.05, 0) is 81.3 Å². The Morgan fingerprint density at radius 2 is 1.77 bits per heavy atom. The zero-order valence-electron chi connectivity index (χ0n) is 19.9. The number of benzene rings is 1. The van der Waals surface area contributed by atoms with E-state index in [2.05, 4.69) is 16.0 Å². The number of nitrogens with zero attached hydrogens (tertiary/aromatic N) is 3. The van der Waals surface area contributed by atoms with Crippen molar-refractivity contribution in [3.05, 3.63) is 35.5 Å². The van der Waals surface area contributed by atoms with Crippen molar-refractivity contribution >= 4 is 35.2 Å². The minimum Gasteiger partial charge on any atom is -0.362 e. The number of anilines is 3. The molecule has 4 rings (SSSR count). The van der Waals surface area contributed by atoms with Gasteiger partial charge in [0.15, 0.2) is 0 Å². The van der Waals surface area contributed by atoms with Crippen molar-refractivity contribution in [1.82, 2.24) is 15.3 Å². The molecular formula is C24H31F3N6OS. The zero-order valence-corrected chi connectivity index (χ0v) is 20.7. The van der Waals surface area contributed by atoms with Crippen molar-refractivity contribution < 1.29 is 18.0 Å². The third-order valence-electron chi connectivity index (χ3n) is 6.31. The number of aryl methyl sites for hydroxylation is 1. The smallest absolute Gasteiger partial charge is 0.362 e. The van der Waals surface area contributed by atoms with Crippen molar-refractivity contribution in [2.45, 2.75) is 73.9 Å². The van der Waals surface area contributed by atoms with Gasteiger partial charge in [0.1, 0.15) is 5.82 Å². The lowest BCUT2D eigenvalue weighted by molar-refractivity contribution is -0.0328. The molecule has 1 fully saturated rings. The molecule has 0 saturated heterocycles. The minimum atomic E-state index is -4.37. The summed E-state index contributed by atoms with van der Waals surface area (Å²) in [6.45, 7) is 0. The third kappa shape index (κ3) is 7.16. The average molecular weight is 509 g/mol. The topological polar surface area (TPSA) is 82.2 Å². The largest absolute Gasteiger partial charge is 0.446 e. The van der Waals surface area contributed by atoms with Crippen LogP contribution in [0.3, 0.4) is 0 Å². The van der Waals surface area contributed by atoms with Gasteiger partial charge < -0.3 is 20.9 Å². The lowest BCUT2D eigenvalue weighted by Gasteiger charge is -2.30. The first-order chi connectivity index (χ1) is 16.7. The molecule has 7 nitrogen and oxygen atoms in total. The molecule has 190 valence electrons. The monoisotopic (exact) mass is 508 g/mol. The average Bonchev–Trinajstić information content (AvgIpc) is 2.79. The van der Waals surface area contributed by atoms with Crippen LogP contribution in [0.4, 0.5) is 35.4 Å². The van der Waals surface area contributed by atoms with Crippen LogP contribution >= 0.6 is 11.8 Å². The number of nitrogens with one attached hydrogen (secondary N) is 3. The number of amides is 2. The molecule has 0 atom stereocenters. The minimum absolute atomic E-state index is 0.00238. The molecule has 11 heteroatoms. The van der Waals surface area contributed by atoms with E-state index in [9.17, 15) is 18.0 Å². The van der Waals surface area contributed by atoms with E-state index >= 15 is 0 Å². The Balaban J connectivity index is 1.28. The van der Waals surface area contributed by atoms with Crippen LogP contribution in [0, 0.1) is 0 Å². The van der Waals surface area contributed by atoms with E-state index in [1.165, 1.54) is 30.2 Å². The molecule has 2 aliphatic rings. The predicted octanol–water partition coefficient (Wildman–Crippen LogP) is 5.58. The first kappa shape index (κ1) is 25.4. The Morgan fingerprint density at radius 3 is 2.49 bits per heavy atom. The molecule has 0 unspecified atom stereocenters. The highest BCUT2D eigenvalue weighted by Gasteiger charge is 2.29. The fourth-order valence-electron chi connectivity index (χ4n) is 4.70. The van der Waals surface area contributed by atoms with Gasteiger partial charge in [0.2, 0.25) is 5.95 Å². The van der Waals surface area contributed by atoms with Gasteiger partial charge in [-0.3, -0.25) is 0 Å². The summed E-state index contributed by atoms with van der Waals surface area (Å²) < 4.78 is 37.8. The Labute approximate surface area is 207 Å². The number of urea groups is 1. The van der Waals surface area contributed by atoms with E-state index in [1.54, 1.807) is 6.07 Å². The second-order valence-corrected chi connectivity index (χ2v) is 10.4. The van der Waals surface area contributed by atoms with E-state index in [1.807, 2.05) is 19.0 Å². The molecule has 3 N–H and O–H groups in total. The Kier molecular flexibility index (Phi) is 7.93. The van der Waals surface area contributed by atoms with Gasteiger partial charge >= 0.3 is 11.5 Å². The number of carbonyl (C=O) groups excluding carboxylic acids is 1. The number of halogens is 3. The fraction of sp³-hybridized carbons (Fsp3) is 0.542. The van der Waals surface area contributed by atoms with E-state index in [0.717, 1.165) is 56.5 Å². The molecule has 35 heavy (non-hydrogen) atoms. The molecule has 2 aliphatic carbocycles. The van der Waals surface area contributed by atoms with Crippen LogP contribution in [-0.4, -0.2) is 47.7 Å². The number of fused-ring (bicyclic) bond motifs is 1. The van der Waals surface area contributed by atoms with E-state index in [0.29, 0.717) is 11.6 Å². The standard InChI is InChI=1S/C24H31F3N6OS/c1-33(2)21-19-8-3-4-9-20(19)31-22(32-21)28-15-10-12-16(13-11-15)29-23(34)30-17-6-5-7-18(14-17)35-24(25,26)27/h5-7,14-16H,3-4,8-13H2,1-2H3,(H,28,31,32)(H2,29,30,34)/t15-,16+. The number of hydrogen-bond donors (Lipinski definition) is 3. The highest BCUT2D eigenvalue weighted by atomic mass is 32.2. The highest BCUT2D eigenvalue weighted by Crippen LogP contribution is 2.37. The predicted molar refractivity (Wildman–Crippen MR) is 133 cm³/mol. The van der Waals surface area contributed by atoms with Crippen molar-refractivity contribution in [1.29, 1.82) is 0 Å². The molecular weight excluding hydrogens is 477 g/mol. The van der Waals surface area contributed by atoms with E-state index in [4.69, 9.17) is 9.97 Å². The number of carbonyl (C=O) groups is 1. The highest BCUT2D eigenvalue weighted by molar-refractivity contribution is 8.00. The number of alkyl halides is 3. The molecule has 0 bridgehead atoms. The summed E-state index contributed by atoms with van der Waals surface area (Å²) in [6, 6.07) is 5.56. The van der Waals surface area contributed by atoms with Gasteiger partial charge in [-0.25, -0.2) is 9.78 Å². The Morgan fingerprint density at radius 1 is 1.06 bits per heavy atom. The Bertz CT molecular complexity index is 1040. The second-order valence-electron chi connectivity index (χ2n) is 9.26. The summed E-state index contributed by atoms with van der Waals surface area (Å²) in [5.74, 6) is 1.65. The van der Waals surface area contributed by atoms with Gasteiger partial charge in [-0.15, -0.1) is 0 Å². The van der Waals surface area contributed by atoms with Crippen LogP contribution in [0.5, 0.6) is 0 Å². The zero-order chi connectivity index (χ0) is 25.0. The summed E-state index contributed by atoms with van der Waals surface area (Å²) in [6.07, 6.45) is 7.64. The van der Waals surface area contributed by atoms with Gasteiger partial charge in [0.05, 0.1) is 5.69 Å². The van der Waals surface area contributed by atoms with Crippen LogP contribution < -0.4 is 20.9 Å². The maximum Gasteiger partial charge on any atom is 0.446 e. The summed E-state index contributed by atoms with van der Waals surface area (Å²) in [4.78, 5) is 24.0. The van der Waals surface area contributed by atoms with Gasteiger partial charge in [0, 0.05) is 42.3 Å². The molecule has 1 aromatic heterocycles. The number of hydrogen-bond acceptors (Lipinski definition) is 6. The number of rotatable bonds is 6.